The molecule has 0 saturated heterocycles. The second-order valence-corrected chi connectivity index (χ2v) is 6.30. The molecular weight excluding hydrogens is 324 g/mol. The lowest BCUT2D eigenvalue weighted by atomic mass is 10.1. The zero-order valence-electron chi connectivity index (χ0n) is 15.3. The van der Waals surface area contributed by atoms with E-state index in [0.717, 1.165) is 11.1 Å². The summed E-state index contributed by atoms with van der Waals surface area (Å²) in [5.41, 5.74) is 2.79. The lowest BCUT2D eigenvalue weighted by Gasteiger charge is -2.12. The molecule has 0 heterocycles. The van der Waals surface area contributed by atoms with E-state index in [1.807, 2.05) is 69.3 Å². The molecule has 0 bridgehead atoms. The van der Waals surface area contributed by atoms with Gasteiger partial charge in [0, 0.05) is 11.6 Å². The summed E-state index contributed by atoms with van der Waals surface area (Å²) in [6.07, 6.45) is 5.23. The number of hydrogen-bond acceptors (Lipinski definition) is 2. The molecule has 0 atom stereocenters. The fourth-order valence-corrected chi connectivity index (χ4v) is 2.23. The molecule has 2 aromatic carbocycles. The summed E-state index contributed by atoms with van der Waals surface area (Å²) >= 11 is 0. The van der Waals surface area contributed by atoms with Crippen LogP contribution in [0.25, 0.3) is 6.08 Å². The van der Waals surface area contributed by atoms with E-state index in [2.05, 4.69) is 10.6 Å². The third kappa shape index (κ3) is 6.06. The van der Waals surface area contributed by atoms with Crippen LogP contribution in [0.5, 0.6) is 0 Å². The van der Waals surface area contributed by atoms with E-state index in [0.29, 0.717) is 5.56 Å². The van der Waals surface area contributed by atoms with Crippen LogP contribution in [0.3, 0.4) is 0 Å². The fourth-order valence-electron chi connectivity index (χ4n) is 2.23. The SMILES string of the molecule is Cc1ccc(C(=O)N/C(=C/C=Cc2ccccc2)C(=O)NC(C)C)cc1. The van der Waals surface area contributed by atoms with Crippen LogP contribution in [-0.4, -0.2) is 17.9 Å². The molecule has 0 saturated carbocycles. The summed E-state index contributed by atoms with van der Waals surface area (Å²) in [4.78, 5) is 24.8. The first-order chi connectivity index (χ1) is 12.5. The van der Waals surface area contributed by atoms with Gasteiger partial charge >= 0.3 is 0 Å². The van der Waals surface area contributed by atoms with Crippen molar-refractivity contribution in [2.45, 2.75) is 26.8 Å². The van der Waals surface area contributed by atoms with Gasteiger partial charge in [0.1, 0.15) is 5.70 Å². The van der Waals surface area contributed by atoms with Crippen molar-refractivity contribution in [3.63, 3.8) is 0 Å². The Labute approximate surface area is 154 Å². The minimum Gasteiger partial charge on any atom is -0.349 e. The molecule has 0 aromatic heterocycles. The van der Waals surface area contributed by atoms with Crippen molar-refractivity contribution < 1.29 is 9.59 Å². The molecule has 0 unspecified atom stereocenters. The van der Waals surface area contributed by atoms with Gasteiger partial charge in [0.05, 0.1) is 0 Å². The Morgan fingerprint density at radius 3 is 2.23 bits per heavy atom. The highest BCUT2D eigenvalue weighted by Gasteiger charge is 2.14. The molecule has 2 amide bonds. The molecule has 2 N–H and O–H groups in total. The van der Waals surface area contributed by atoms with Gasteiger partial charge in [-0.2, -0.15) is 0 Å². The first-order valence-electron chi connectivity index (χ1n) is 8.58. The highest BCUT2D eigenvalue weighted by molar-refractivity contribution is 6.03. The van der Waals surface area contributed by atoms with Crippen molar-refractivity contribution >= 4 is 17.9 Å². The molecule has 0 spiro atoms. The summed E-state index contributed by atoms with van der Waals surface area (Å²) in [6, 6.07) is 16.9. The lowest BCUT2D eigenvalue weighted by molar-refractivity contribution is -0.118. The van der Waals surface area contributed by atoms with Crippen molar-refractivity contribution in [3.05, 3.63) is 89.1 Å². The number of benzene rings is 2. The van der Waals surface area contributed by atoms with Gasteiger partial charge in [0.2, 0.25) is 0 Å². The van der Waals surface area contributed by atoms with Crippen molar-refractivity contribution in [3.8, 4) is 0 Å². The summed E-state index contributed by atoms with van der Waals surface area (Å²) in [5, 5.41) is 5.50. The highest BCUT2D eigenvalue weighted by atomic mass is 16.2. The number of amides is 2. The molecule has 0 aliphatic heterocycles. The van der Waals surface area contributed by atoms with Gasteiger partial charge in [-0.05, 0) is 44.5 Å². The molecular formula is C22H24N2O2. The minimum atomic E-state index is -0.321. The third-order valence-electron chi connectivity index (χ3n) is 3.58. The first kappa shape index (κ1) is 19.2. The zero-order valence-corrected chi connectivity index (χ0v) is 15.3. The lowest BCUT2D eigenvalue weighted by Crippen LogP contribution is -2.38. The van der Waals surface area contributed by atoms with E-state index in [9.17, 15) is 9.59 Å². The Morgan fingerprint density at radius 1 is 0.962 bits per heavy atom. The van der Waals surface area contributed by atoms with Gasteiger partial charge in [-0.25, -0.2) is 0 Å². The van der Waals surface area contributed by atoms with Gasteiger partial charge in [0.25, 0.3) is 11.8 Å². The molecule has 2 rings (SSSR count). The molecule has 134 valence electrons. The van der Waals surface area contributed by atoms with E-state index in [1.54, 1.807) is 24.3 Å². The topological polar surface area (TPSA) is 58.2 Å². The average Bonchev–Trinajstić information content (AvgIpc) is 2.61. The predicted octanol–water partition coefficient (Wildman–Crippen LogP) is 3.85. The maximum Gasteiger partial charge on any atom is 0.267 e. The first-order valence-corrected chi connectivity index (χ1v) is 8.58. The number of carbonyl (C=O) groups is 2. The number of allylic oxidation sites excluding steroid dienone is 2. The van der Waals surface area contributed by atoms with E-state index < -0.39 is 0 Å². The quantitative estimate of drug-likeness (QED) is 0.615. The molecule has 4 heteroatoms. The predicted molar refractivity (Wildman–Crippen MR) is 105 cm³/mol. The summed E-state index contributed by atoms with van der Waals surface area (Å²) in [6.45, 7) is 5.70. The van der Waals surface area contributed by atoms with Crippen molar-refractivity contribution in [2.75, 3.05) is 0 Å². The summed E-state index contributed by atoms with van der Waals surface area (Å²) in [5.74, 6) is -0.638. The molecule has 4 nitrogen and oxygen atoms in total. The van der Waals surface area contributed by atoms with Crippen LogP contribution in [-0.2, 0) is 4.79 Å². The van der Waals surface area contributed by atoms with Crippen molar-refractivity contribution in [1.29, 1.82) is 0 Å². The smallest absolute Gasteiger partial charge is 0.267 e. The Balaban J connectivity index is 2.18. The van der Waals surface area contributed by atoms with Gasteiger partial charge in [-0.15, -0.1) is 0 Å². The Bertz CT molecular complexity index is 804. The van der Waals surface area contributed by atoms with Gasteiger partial charge in [-0.1, -0.05) is 60.2 Å². The molecule has 0 radical (unpaired) electrons. The Kier molecular flexibility index (Phi) is 6.92. The van der Waals surface area contributed by atoms with Gasteiger partial charge in [-0.3, -0.25) is 9.59 Å². The largest absolute Gasteiger partial charge is 0.349 e. The normalized spacial score (nSPS) is 11.6. The average molecular weight is 348 g/mol. The molecule has 2 aromatic rings. The number of carbonyl (C=O) groups excluding carboxylic acids is 2. The van der Waals surface area contributed by atoms with Crippen LogP contribution in [0.15, 0.2) is 72.4 Å². The van der Waals surface area contributed by atoms with Crippen LogP contribution >= 0.6 is 0 Å². The van der Waals surface area contributed by atoms with Crippen molar-refractivity contribution in [2.24, 2.45) is 0 Å². The maximum atomic E-state index is 12.4. The Morgan fingerprint density at radius 2 is 1.62 bits per heavy atom. The van der Waals surface area contributed by atoms with E-state index in [-0.39, 0.29) is 23.6 Å². The van der Waals surface area contributed by atoms with Crippen LogP contribution < -0.4 is 10.6 Å². The van der Waals surface area contributed by atoms with Crippen LogP contribution in [0, 0.1) is 6.92 Å². The monoisotopic (exact) mass is 348 g/mol. The fraction of sp³-hybridized carbons (Fsp3) is 0.182. The van der Waals surface area contributed by atoms with Gasteiger partial charge < -0.3 is 10.6 Å². The number of rotatable bonds is 6. The number of aryl methyl sites for hydroxylation is 1. The standard InChI is InChI=1S/C22H24N2O2/c1-16(2)23-22(26)20(11-7-10-18-8-5-4-6-9-18)24-21(25)19-14-12-17(3)13-15-19/h4-16H,1-3H3,(H,23,26)(H,24,25)/b10-7?,20-11+. The molecule has 0 aliphatic carbocycles. The maximum absolute atomic E-state index is 12.4. The van der Waals surface area contributed by atoms with Crippen LogP contribution in [0.1, 0.15) is 35.3 Å². The van der Waals surface area contributed by atoms with E-state index >= 15 is 0 Å². The zero-order chi connectivity index (χ0) is 18.9. The summed E-state index contributed by atoms with van der Waals surface area (Å²) < 4.78 is 0. The summed E-state index contributed by atoms with van der Waals surface area (Å²) in [7, 11) is 0. The minimum absolute atomic E-state index is 0.0275. The molecule has 0 fully saturated rings. The van der Waals surface area contributed by atoms with Gasteiger partial charge in [0.15, 0.2) is 0 Å². The van der Waals surface area contributed by atoms with E-state index in [4.69, 9.17) is 0 Å². The Hall–Kier alpha value is -3.14. The molecule has 26 heavy (non-hydrogen) atoms. The van der Waals surface area contributed by atoms with Crippen molar-refractivity contribution in [1.82, 2.24) is 10.6 Å². The highest BCUT2D eigenvalue weighted by Crippen LogP contribution is 2.06. The number of nitrogens with one attached hydrogen (secondary N) is 2. The van der Waals surface area contributed by atoms with Crippen LogP contribution in [0.2, 0.25) is 0 Å². The molecule has 0 aliphatic rings. The van der Waals surface area contributed by atoms with E-state index in [1.165, 1.54) is 0 Å². The third-order valence-corrected chi connectivity index (χ3v) is 3.58. The second kappa shape index (κ2) is 9.37. The number of hydrogen-bond donors (Lipinski definition) is 2. The van der Waals surface area contributed by atoms with Crippen LogP contribution in [0.4, 0.5) is 0 Å². The second-order valence-electron chi connectivity index (χ2n) is 6.30.